The summed E-state index contributed by atoms with van der Waals surface area (Å²) in [5, 5.41) is 8.72. The summed E-state index contributed by atoms with van der Waals surface area (Å²) in [5.41, 5.74) is 0. The van der Waals surface area contributed by atoms with E-state index in [-0.39, 0.29) is 6.73 Å². The van der Waals surface area contributed by atoms with Crippen LogP contribution in [0.4, 0.5) is 0 Å². The van der Waals surface area contributed by atoms with Crippen LogP contribution in [-0.2, 0) is 0 Å². The molecule has 0 bridgehead atoms. The van der Waals surface area contributed by atoms with Crippen LogP contribution in [0.3, 0.4) is 0 Å². The maximum atomic E-state index is 8.72. The molecule has 0 amide bonds. The third-order valence-electron chi connectivity index (χ3n) is 2.17. The Balaban J connectivity index is 2.24. The lowest BCUT2D eigenvalue weighted by Gasteiger charge is -2.20. The second-order valence-electron chi connectivity index (χ2n) is 2.84. The van der Waals surface area contributed by atoms with E-state index in [1.807, 2.05) is 11.9 Å². The van der Waals surface area contributed by atoms with E-state index >= 15 is 0 Å². The molecule has 0 saturated heterocycles. The molecule has 0 radical (unpaired) electrons. The van der Waals surface area contributed by atoms with Crippen molar-refractivity contribution in [3.05, 3.63) is 0 Å². The van der Waals surface area contributed by atoms with Crippen LogP contribution in [0.15, 0.2) is 0 Å². The topological polar surface area (TPSA) is 23.5 Å². The lowest BCUT2D eigenvalue weighted by Crippen LogP contribution is -2.29. The first-order chi connectivity index (χ1) is 4.34. The van der Waals surface area contributed by atoms with E-state index in [1.165, 1.54) is 25.7 Å². The van der Waals surface area contributed by atoms with Gasteiger partial charge in [0.05, 0.1) is 6.73 Å². The third-order valence-corrected chi connectivity index (χ3v) is 2.17. The van der Waals surface area contributed by atoms with Gasteiger partial charge >= 0.3 is 0 Å². The lowest BCUT2D eigenvalue weighted by molar-refractivity contribution is 0.0954. The minimum Gasteiger partial charge on any atom is -0.381 e. The van der Waals surface area contributed by atoms with Crippen LogP contribution in [0.2, 0.25) is 0 Å². The fraction of sp³-hybridized carbons (Fsp3) is 1.00. The number of nitrogens with zero attached hydrogens (tertiary/aromatic N) is 1. The molecule has 9 heavy (non-hydrogen) atoms. The highest BCUT2D eigenvalue weighted by molar-refractivity contribution is 4.73. The van der Waals surface area contributed by atoms with Crippen molar-refractivity contribution in [2.24, 2.45) is 0 Å². The molecule has 0 aromatic carbocycles. The van der Waals surface area contributed by atoms with Crippen LogP contribution in [0.1, 0.15) is 25.7 Å². The molecular formula is C7H15NO. The molecule has 0 heterocycles. The van der Waals surface area contributed by atoms with Gasteiger partial charge in [0, 0.05) is 6.04 Å². The van der Waals surface area contributed by atoms with Gasteiger partial charge in [-0.2, -0.15) is 0 Å². The number of hydrogen-bond donors (Lipinski definition) is 1. The molecular weight excluding hydrogens is 114 g/mol. The Labute approximate surface area is 56.5 Å². The zero-order chi connectivity index (χ0) is 6.69. The minimum atomic E-state index is 0.213. The molecule has 0 atom stereocenters. The zero-order valence-corrected chi connectivity index (χ0v) is 6.01. The van der Waals surface area contributed by atoms with Crippen LogP contribution < -0.4 is 0 Å². The first kappa shape index (κ1) is 7.03. The zero-order valence-electron chi connectivity index (χ0n) is 6.01. The standard InChI is InChI=1S/C7H15NO/c1-8(6-9)7-4-2-3-5-7/h7,9H,2-6H2,1H3. The molecule has 0 aromatic heterocycles. The Bertz CT molecular complexity index is 79.0. The Hall–Kier alpha value is -0.0800. The summed E-state index contributed by atoms with van der Waals surface area (Å²) in [6.07, 6.45) is 5.23. The summed E-state index contributed by atoms with van der Waals surface area (Å²) in [6, 6.07) is 0.662. The molecule has 2 nitrogen and oxygen atoms in total. The van der Waals surface area contributed by atoms with Gasteiger partial charge in [0.2, 0.25) is 0 Å². The van der Waals surface area contributed by atoms with Gasteiger partial charge in [-0.05, 0) is 19.9 Å². The van der Waals surface area contributed by atoms with Crippen LogP contribution in [0, 0.1) is 0 Å². The predicted molar refractivity (Wildman–Crippen MR) is 37.1 cm³/mol. The molecule has 1 fully saturated rings. The molecule has 2 heteroatoms. The van der Waals surface area contributed by atoms with Gasteiger partial charge in [0.25, 0.3) is 0 Å². The Morgan fingerprint density at radius 1 is 1.44 bits per heavy atom. The average Bonchev–Trinajstić information content (AvgIpc) is 2.37. The van der Waals surface area contributed by atoms with Crippen molar-refractivity contribution in [3.63, 3.8) is 0 Å². The lowest BCUT2D eigenvalue weighted by atomic mass is 10.2. The maximum Gasteiger partial charge on any atom is 0.0956 e. The monoisotopic (exact) mass is 129 g/mol. The van der Waals surface area contributed by atoms with Crippen LogP contribution in [0.5, 0.6) is 0 Å². The van der Waals surface area contributed by atoms with Gasteiger partial charge in [-0.1, -0.05) is 12.8 Å². The van der Waals surface area contributed by atoms with E-state index in [4.69, 9.17) is 5.11 Å². The second-order valence-corrected chi connectivity index (χ2v) is 2.84. The minimum absolute atomic E-state index is 0.213. The quantitative estimate of drug-likeness (QED) is 0.558. The fourth-order valence-electron chi connectivity index (χ4n) is 1.46. The van der Waals surface area contributed by atoms with Gasteiger partial charge < -0.3 is 5.11 Å². The number of aliphatic hydroxyl groups excluding tert-OH is 1. The van der Waals surface area contributed by atoms with Gasteiger partial charge in [-0.3, -0.25) is 4.90 Å². The first-order valence-electron chi connectivity index (χ1n) is 3.65. The molecule has 54 valence electrons. The summed E-state index contributed by atoms with van der Waals surface area (Å²) < 4.78 is 0. The van der Waals surface area contributed by atoms with Gasteiger partial charge in [0.15, 0.2) is 0 Å². The van der Waals surface area contributed by atoms with Crippen molar-refractivity contribution in [1.29, 1.82) is 0 Å². The molecule has 0 unspecified atom stereocenters. The fourth-order valence-corrected chi connectivity index (χ4v) is 1.46. The summed E-state index contributed by atoms with van der Waals surface area (Å²) in [6.45, 7) is 0.213. The summed E-state index contributed by atoms with van der Waals surface area (Å²) in [4.78, 5) is 2.02. The van der Waals surface area contributed by atoms with Gasteiger partial charge in [0.1, 0.15) is 0 Å². The Kier molecular flexibility index (Phi) is 2.49. The Morgan fingerprint density at radius 3 is 2.44 bits per heavy atom. The molecule has 0 aliphatic heterocycles. The van der Waals surface area contributed by atoms with E-state index in [2.05, 4.69) is 0 Å². The molecule has 0 aromatic rings. The van der Waals surface area contributed by atoms with E-state index in [9.17, 15) is 0 Å². The summed E-state index contributed by atoms with van der Waals surface area (Å²) in [5.74, 6) is 0. The van der Waals surface area contributed by atoms with Crippen molar-refractivity contribution in [3.8, 4) is 0 Å². The van der Waals surface area contributed by atoms with Crippen LogP contribution >= 0.6 is 0 Å². The van der Waals surface area contributed by atoms with E-state index < -0.39 is 0 Å². The molecule has 1 N–H and O–H groups in total. The average molecular weight is 129 g/mol. The maximum absolute atomic E-state index is 8.72. The van der Waals surface area contributed by atoms with Gasteiger partial charge in [-0.25, -0.2) is 0 Å². The first-order valence-corrected chi connectivity index (χ1v) is 3.65. The highest BCUT2D eigenvalue weighted by atomic mass is 16.3. The van der Waals surface area contributed by atoms with Crippen LogP contribution in [-0.4, -0.2) is 29.8 Å². The number of rotatable bonds is 2. The van der Waals surface area contributed by atoms with E-state index in [0.29, 0.717) is 6.04 Å². The van der Waals surface area contributed by atoms with E-state index in [1.54, 1.807) is 0 Å². The molecule has 1 rings (SSSR count). The Morgan fingerprint density at radius 2 is 2.00 bits per heavy atom. The molecule has 0 spiro atoms. The molecule has 1 aliphatic rings. The normalized spacial score (nSPS) is 21.7. The molecule has 1 saturated carbocycles. The third kappa shape index (κ3) is 1.66. The van der Waals surface area contributed by atoms with Crippen molar-refractivity contribution in [1.82, 2.24) is 4.90 Å². The summed E-state index contributed by atoms with van der Waals surface area (Å²) >= 11 is 0. The summed E-state index contributed by atoms with van der Waals surface area (Å²) in [7, 11) is 1.98. The molecule has 1 aliphatic carbocycles. The second kappa shape index (κ2) is 3.18. The highest BCUT2D eigenvalue weighted by Crippen LogP contribution is 2.21. The van der Waals surface area contributed by atoms with Crippen LogP contribution in [0.25, 0.3) is 0 Å². The largest absolute Gasteiger partial charge is 0.381 e. The van der Waals surface area contributed by atoms with Crippen molar-refractivity contribution in [2.45, 2.75) is 31.7 Å². The van der Waals surface area contributed by atoms with Gasteiger partial charge in [-0.15, -0.1) is 0 Å². The highest BCUT2D eigenvalue weighted by Gasteiger charge is 2.17. The SMILES string of the molecule is CN(CO)C1CCCC1. The van der Waals surface area contributed by atoms with Crippen molar-refractivity contribution < 1.29 is 5.11 Å². The number of hydrogen-bond acceptors (Lipinski definition) is 2. The predicted octanol–water partition coefficient (Wildman–Crippen LogP) is 0.811. The smallest absolute Gasteiger partial charge is 0.0956 e. The van der Waals surface area contributed by atoms with Crippen molar-refractivity contribution >= 4 is 0 Å². The van der Waals surface area contributed by atoms with E-state index in [0.717, 1.165) is 0 Å². The number of aliphatic hydroxyl groups is 1. The van der Waals surface area contributed by atoms with Crippen molar-refractivity contribution in [2.75, 3.05) is 13.8 Å².